The van der Waals surface area contributed by atoms with E-state index in [1.165, 1.54) is 25.7 Å². The van der Waals surface area contributed by atoms with Gasteiger partial charge in [-0.1, -0.05) is 0 Å². The highest BCUT2D eigenvalue weighted by Gasteiger charge is 2.53. The summed E-state index contributed by atoms with van der Waals surface area (Å²) in [4.78, 5) is 14.1. The van der Waals surface area contributed by atoms with E-state index in [2.05, 4.69) is 24.1 Å². The van der Waals surface area contributed by atoms with E-state index < -0.39 is 0 Å². The summed E-state index contributed by atoms with van der Waals surface area (Å²) in [7, 11) is 0. The van der Waals surface area contributed by atoms with Gasteiger partial charge >= 0.3 is 0 Å². The Morgan fingerprint density at radius 3 is 2.52 bits per heavy atom. The first kappa shape index (κ1) is 16.8. The second-order valence-electron chi connectivity index (χ2n) is 7.47. The summed E-state index contributed by atoms with van der Waals surface area (Å²) in [5, 5.41) is 2.98. The Hall–Kier alpha value is -0.610. The monoisotopic (exact) mass is 296 g/mol. The zero-order chi connectivity index (χ0) is 15.5. The van der Waals surface area contributed by atoms with E-state index in [0.29, 0.717) is 18.1 Å². The minimum absolute atomic E-state index is 0.165. The molecule has 21 heavy (non-hydrogen) atoms. The fraction of sp³-hybridized carbons (Fsp3) is 0.941. The van der Waals surface area contributed by atoms with E-state index in [1.807, 2.05) is 13.8 Å². The fourth-order valence-corrected chi connectivity index (χ4v) is 3.63. The third-order valence-electron chi connectivity index (χ3n) is 4.95. The maximum Gasteiger partial charge on any atom is 0.234 e. The Kier molecular flexibility index (Phi) is 5.67. The lowest BCUT2D eigenvalue weighted by atomic mass is 9.90. The lowest BCUT2D eigenvalue weighted by molar-refractivity contribution is -0.123. The molecule has 1 saturated heterocycles. The molecule has 0 aromatic heterocycles. The van der Waals surface area contributed by atoms with E-state index >= 15 is 0 Å². The van der Waals surface area contributed by atoms with Gasteiger partial charge in [-0.2, -0.15) is 0 Å². The number of nitrogens with one attached hydrogen (secondary N) is 1. The fourth-order valence-electron chi connectivity index (χ4n) is 3.63. The molecule has 4 heteroatoms. The third-order valence-corrected chi connectivity index (χ3v) is 4.95. The van der Waals surface area contributed by atoms with E-state index in [9.17, 15) is 4.79 Å². The molecule has 2 rings (SSSR count). The number of piperidine rings is 1. The molecule has 2 fully saturated rings. The molecule has 122 valence electrons. The Labute approximate surface area is 129 Å². The van der Waals surface area contributed by atoms with Crippen molar-refractivity contribution in [1.82, 2.24) is 10.2 Å². The SMILES string of the molecule is CC(C)NC(=O)CN1CCC2(CC1)C[C@@H]2CCOC(C)C. The van der Waals surface area contributed by atoms with Gasteiger partial charge in [-0.05, 0) is 77.8 Å². The maximum atomic E-state index is 11.8. The molecule has 0 unspecified atom stereocenters. The number of amides is 1. The van der Waals surface area contributed by atoms with Gasteiger partial charge in [-0.15, -0.1) is 0 Å². The molecule has 1 amide bonds. The van der Waals surface area contributed by atoms with E-state index in [4.69, 9.17) is 4.74 Å². The van der Waals surface area contributed by atoms with Crippen molar-refractivity contribution in [2.45, 2.75) is 65.5 Å². The summed E-state index contributed by atoms with van der Waals surface area (Å²) in [6.45, 7) is 11.8. The second kappa shape index (κ2) is 7.10. The number of ether oxygens (including phenoxy) is 1. The first-order chi connectivity index (χ1) is 9.91. The average molecular weight is 296 g/mol. The van der Waals surface area contributed by atoms with Crippen LogP contribution in [-0.2, 0) is 9.53 Å². The largest absolute Gasteiger partial charge is 0.379 e. The molecule has 1 saturated carbocycles. The van der Waals surface area contributed by atoms with Gasteiger partial charge in [0.25, 0.3) is 0 Å². The van der Waals surface area contributed by atoms with Crippen molar-refractivity contribution >= 4 is 5.91 Å². The highest BCUT2D eigenvalue weighted by atomic mass is 16.5. The molecule has 4 nitrogen and oxygen atoms in total. The Bertz CT molecular complexity index is 347. The van der Waals surface area contributed by atoms with Gasteiger partial charge in [-0.25, -0.2) is 0 Å². The van der Waals surface area contributed by atoms with Crippen molar-refractivity contribution in [3.05, 3.63) is 0 Å². The number of hydrogen-bond donors (Lipinski definition) is 1. The van der Waals surface area contributed by atoms with Gasteiger partial charge in [0.05, 0.1) is 12.6 Å². The predicted octanol–water partition coefficient (Wildman–Crippen LogP) is 2.43. The van der Waals surface area contributed by atoms with Gasteiger partial charge in [-0.3, -0.25) is 9.69 Å². The van der Waals surface area contributed by atoms with Crippen LogP contribution in [0.1, 0.15) is 53.4 Å². The van der Waals surface area contributed by atoms with Crippen LogP contribution in [0.25, 0.3) is 0 Å². The van der Waals surface area contributed by atoms with Gasteiger partial charge in [0, 0.05) is 12.6 Å². The van der Waals surface area contributed by atoms with Gasteiger partial charge < -0.3 is 10.1 Å². The molecule has 1 atom stereocenters. The van der Waals surface area contributed by atoms with Crippen LogP contribution in [0.4, 0.5) is 0 Å². The van der Waals surface area contributed by atoms with Crippen LogP contribution >= 0.6 is 0 Å². The molecule has 1 heterocycles. The summed E-state index contributed by atoms with van der Waals surface area (Å²) in [5.41, 5.74) is 0.589. The first-order valence-electron chi connectivity index (χ1n) is 8.54. The van der Waals surface area contributed by atoms with Gasteiger partial charge in [0.15, 0.2) is 0 Å². The van der Waals surface area contributed by atoms with Crippen LogP contribution in [0.2, 0.25) is 0 Å². The first-order valence-corrected chi connectivity index (χ1v) is 8.54. The lowest BCUT2D eigenvalue weighted by Crippen LogP contribution is -2.43. The third kappa shape index (κ3) is 4.96. The highest BCUT2D eigenvalue weighted by molar-refractivity contribution is 5.78. The molecule has 0 aromatic carbocycles. The van der Waals surface area contributed by atoms with Crippen LogP contribution in [0, 0.1) is 11.3 Å². The summed E-state index contributed by atoms with van der Waals surface area (Å²) in [6, 6.07) is 0.238. The molecular formula is C17H32N2O2. The molecule has 0 bridgehead atoms. The molecule has 1 aliphatic heterocycles. The number of rotatable bonds is 7. The highest BCUT2D eigenvalue weighted by Crippen LogP contribution is 2.60. The van der Waals surface area contributed by atoms with Crippen molar-refractivity contribution in [3.8, 4) is 0 Å². The zero-order valence-corrected chi connectivity index (χ0v) is 14.2. The topological polar surface area (TPSA) is 41.6 Å². The van der Waals surface area contributed by atoms with E-state index in [-0.39, 0.29) is 11.9 Å². The summed E-state index contributed by atoms with van der Waals surface area (Å²) >= 11 is 0. The summed E-state index contributed by atoms with van der Waals surface area (Å²) in [5.74, 6) is 1.03. The van der Waals surface area contributed by atoms with Crippen molar-refractivity contribution < 1.29 is 9.53 Å². The normalized spacial score (nSPS) is 24.8. The minimum Gasteiger partial charge on any atom is -0.379 e. The summed E-state index contributed by atoms with van der Waals surface area (Å²) in [6.07, 6.45) is 5.45. The zero-order valence-electron chi connectivity index (χ0n) is 14.2. The number of likely N-dealkylation sites (tertiary alicyclic amines) is 1. The van der Waals surface area contributed by atoms with Gasteiger partial charge in [0.1, 0.15) is 0 Å². The second-order valence-corrected chi connectivity index (χ2v) is 7.47. The number of hydrogen-bond acceptors (Lipinski definition) is 3. The van der Waals surface area contributed by atoms with Crippen molar-refractivity contribution in [2.75, 3.05) is 26.2 Å². The molecule has 1 spiro atoms. The minimum atomic E-state index is 0.165. The average Bonchev–Trinajstić information content (AvgIpc) is 3.04. The molecular weight excluding hydrogens is 264 g/mol. The van der Waals surface area contributed by atoms with Crippen LogP contribution in [0.15, 0.2) is 0 Å². The Morgan fingerprint density at radius 2 is 1.95 bits per heavy atom. The van der Waals surface area contributed by atoms with Crippen molar-refractivity contribution in [2.24, 2.45) is 11.3 Å². The maximum absolute atomic E-state index is 11.8. The number of carbonyl (C=O) groups is 1. The number of nitrogens with zero attached hydrogens (tertiary/aromatic N) is 1. The molecule has 1 aliphatic carbocycles. The van der Waals surface area contributed by atoms with Gasteiger partial charge in [0.2, 0.25) is 5.91 Å². The summed E-state index contributed by atoms with van der Waals surface area (Å²) < 4.78 is 5.67. The quantitative estimate of drug-likeness (QED) is 0.784. The van der Waals surface area contributed by atoms with E-state index in [1.54, 1.807) is 0 Å². The molecule has 0 radical (unpaired) electrons. The van der Waals surface area contributed by atoms with Crippen LogP contribution in [0.5, 0.6) is 0 Å². The molecule has 2 aliphatic rings. The molecule has 1 N–H and O–H groups in total. The molecule has 0 aromatic rings. The van der Waals surface area contributed by atoms with Crippen molar-refractivity contribution in [1.29, 1.82) is 0 Å². The number of carbonyl (C=O) groups excluding carboxylic acids is 1. The van der Waals surface area contributed by atoms with E-state index in [0.717, 1.165) is 25.6 Å². The van der Waals surface area contributed by atoms with Crippen LogP contribution in [0.3, 0.4) is 0 Å². The Balaban J connectivity index is 1.64. The lowest BCUT2D eigenvalue weighted by Gasteiger charge is -2.32. The van der Waals surface area contributed by atoms with Crippen LogP contribution < -0.4 is 5.32 Å². The standard InChI is InChI=1S/C17H32N2O2/c1-13(2)18-16(20)12-19-8-6-17(7-9-19)11-15(17)5-10-21-14(3)4/h13-15H,5-12H2,1-4H3,(H,18,20)/t15-/m0/s1. The Morgan fingerprint density at radius 1 is 1.29 bits per heavy atom. The smallest absolute Gasteiger partial charge is 0.234 e. The predicted molar refractivity (Wildman–Crippen MR) is 85.2 cm³/mol. The van der Waals surface area contributed by atoms with Crippen molar-refractivity contribution in [3.63, 3.8) is 0 Å². The van der Waals surface area contributed by atoms with Crippen LogP contribution in [-0.4, -0.2) is 49.2 Å².